The predicted octanol–water partition coefficient (Wildman–Crippen LogP) is 2.20. The maximum absolute atomic E-state index is 14.5. The molecule has 8 heteroatoms. The number of hydrogen-bond acceptors (Lipinski definition) is 5. The Morgan fingerprint density at radius 2 is 2.23 bits per heavy atom. The number of halogens is 1. The lowest BCUT2D eigenvalue weighted by Crippen LogP contribution is -2.56. The summed E-state index contributed by atoms with van der Waals surface area (Å²) in [6.45, 7) is 3.60. The Morgan fingerprint density at radius 3 is 2.96 bits per heavy atom. The molecule has 0 spiro atoms. The summed E-state index contributed by atoms with van der Waals surface area (Å²) >= 11 is 0. The summed E-state index contributed by atoms with van der Waals surface area (Å²) in [7, 11) is 0. The molecule has 2 amide bonds. The molecule has 2 aliphatic rings. The zero-order chi connectivity index (χ0) is 18.3. The molecule has 26 heavy (non-hydrogen) atoms. The van der Waals surface area contributed by atoms with Crippen LogP contribution in [0.5, 0.6) is 0 Å². The highest BCUT2D eigenvalue weighted by molar-refractivity contribution is 6.06. The molecular weight excluding hydrogens is 335 g/mol. The monoisotopic (exact) mass is 356 g/mol. The zero-order valence-corrected chi connectivity index (χ0v) is 14.6. The normalized spacial score (nSPS) is 20.2. The summed E-state index contributed by atoms with van der Waals surface area (Å²) in [5.74, 6) is 0.238. The van der Waals surface area contributed by atoms with E-state index < -0.39 is 5.82 Å². The van der Waals surface area contributed by atoms with Crippen molar-refractivity contribution in [1.82, 2.24) is 15.3 Å². The number of aryl methyl sites for hydroxylation is 1. The zero-order valence-electron chi connectivity index (χ0n) is 14.6. The van der Waals surface area contributed by atoms with Crippen molar-refractivity contribution >= 4 is 23.5 Å². The van der Waals surface area contributed by atoms with Crippen LogP contribution in [-0.4, -0.2) is 35.1 Å². The van der Waals surface area contributed by atoms with E-state index in [1.165, 1.54) is 11.0 Å². The Bertz CT molecular complexity index is 831. The second-order valence-electron chi connectivity index (χ2n) is 6.72. The number of nitrogens with two attached hydrogens (primary N) is 1. The van der Waals surface area contributed by atoms with Gasteiger partial charge in [0.05, 0.1) is 18.3 Å². The van der Waals surface area contributed by atoms with Crippen LogP contribution in [0.2, 0.25) is 0 Å². The number of piperidine rings is 1. The first-order valence-corrected chi connectivity index (χ1v) is 8.74. The van der Waals surface area contributed by atoms with Gasteiger partial charge in [0.2, 0.25) is 5.95 Å². The topological polar surface area (TPSA) is 87.4 Å². The fourth-order valence-electron chi connectivity index (χ4n) is 3.71. The predicted molar refractivity (Wildman–Crippen MR) is 97.5 cm³/mol. The largest absolute Gasteiger partial charge is 0.368 e. The Labute approximate surface area is 151 Å². The third-order valence-electron chi connectivity index (χ3n) is 4.95. The minimum atomic E-state index is -0.417. The minimum absolute atomic E-state index is 0.0563. The van der Waals surface area contributed by atoms with Crippen LogP contribution in [0.1, 0.15) is 24.0 Å². The number of fused-ring (bicyclic) bond motifs is 1. The van der Waals surface area contributed by atoms with E-state index in [1.807, 2.05) is 0 Å². The molecule has 3 heterocycles. The van der Waals surface area contributed by atoms with Gasteiger partial charge in [0.1, 0.15) is 11.6 Å². The van der Waals surface area contributed by atoms with E-state index in [9.17, 15) is 9.18 Å². The highest BCUT2D eigenvalue weighted by Gasteiger charge is 2.39. The lowest BCUT2D eigenvalue weighted by Gasteiger charge is -2.41. The van der Waals surface area contributed by atoms with Crippen LogP contribution in [0.3, 0.4) is 0 Å². The second kappa shape index (κ2) is 6.53. The van der Waals surface area contributed by atoms with Crippen molar-refractivity contribution < 1.29 is 9.18 Å². The summed E-state index contributed by atoms with van der Waals surface area (Å²) in [5, 5.41) is 3.31. The summed E-state index contributed by atoms with van der Waals surface area (Å²) in [6.07, 6.45) is 3.44. The molecular formula is C18H21FN6O. The van der Waals surface area contributed by atoms with Crippen molar-refractivity contribution in [2.24, 2.45) is 0 Å². The van der Waals surface area contributed by atoms with Crippen LogP contribution in [0.15, 0.2) is 24.4 Å². The molecule has 0 saturated carbocycles. The molecule has 1 atom stereocenters. The summed E-state index contributed by atoms with van der Waals surface area (Å²) in [6, 6.07) is 4.48. The van der Waals surface area contributed by atoms with Crippen LogP contribution in [0, 0.1) is 12.7 Å². The first-order chi connectivity index (χ1) is 12.6. The number of nitrogens with zero attached hydrogens (tertiary/aromatic N) is 4. The first kappa shape index (κ1) is 16.7. The van der Waals surface area contributed by atoms with Crippen LogP contribution < -0.4 is 20.9 Å². The van der Waals surface area contributed by atoms with E-state index in [4.69, 9.17) is 5.73 Å². The molecule has 1 aromatic heterocycles. The van der Waals surface area contributed by atoms with Gasteiger partial charge in [-0.25, -0.2) is 14.2 Å². The second-order valence-corrected chi connectivity index (χ2v) is 6.72. The average molecular weight is 356 g/mol. The van der Waals surface area contributed by atoms with Crippen molar-refractivity contribution in [3.63, 3.8) is 0 Å². The van der Waals surface area contributed by atoms with Crippen LogP contribution in [0.25, 0.3) is 0 Å². The molecule has 1 fully saturated rings. The summed E-state index contributed by atoms with van der Waals surface area (Å²) in [4.78, 5) is 24.9. The SMILES string of the molecule is Cc1cccc(F)c1N1Cc2cnc(N)nc2N([C@H]2CCCNC2)C1=O. The number of nitrogens with one attached hydrogen (secondary N) is 1. The van der Waals surface area contributed by atoms with Gasteiger partial charge < -0.3 is 11.1 Å². The highest BCUT2D eigenvalue weighted by atomic mass is 19.1. The van der Waals surface area contributed by atoms with Gasteiger partial charge in [-0.2, -0.15) is 4.98 Å². The number of para-hydroxylation sites is 1. The summed E-state index contributed by atoms with van der Waals surface area (Å²) in [5.41, 5.74) is 7.53. The Morgan fingerprint density at radius 1 is 1.38 bits per heavy atom. The van der Waals surface area contributed by atoms with Gasteiger partial charge in [0.15, 0.2) is 0 Å². The van der Waals surface area contributed by atoms with Crippen molar-refractivity contribution in [2.45, 2.75) is 32.4 Å². The number of hydrogen-bond donors (Lipinski definition) is 2. The third kappa shape index (κ3) is 2.76. The molecule has 0 unspecified atom stereocenters. The lowest BCUT2D eigenvalue weighted by atomic mass is 10.0. The van der Waals surface area contributed by atoms with E-state index in [-0.39, 0.29) is 24.6 Å². The van der Waals surface area contributed by atoms with Crippen molar-refractivity contribution in [3.8, 4) is 0 Å². The maximum atomic E-state index is 14.5. The maximum Gasteiger partial charge on any atom is 0.330 e. The standard InChI is InChI=1S/C18H21FN6O/c1-11-4-2-6-14(19)15(11)24-10-12-8-22-17(20)23-16(12)25(18(24)26)13-5-3-7-21-9-13/h2,4,6,8,13,21H,3,5,7,9-10H2,1H3,(H2,20,22,23)/t13-/m0/s1. The number of carbonyl (C=O) groups is 1. The molecule has 0 bridgehead atoms. The number of urea groups is 1. The number of benzene rings is 1. The Hall–Kier alpha value is -2.74. The van der Waals surface area contributed by atoms with Gasteiger partial charge in [-0.1, -0.05) is 12.1 Å². The Kier molecular flexibility index (Phi) is 4.20. The average Bonchev–Trinajstić information content (AvgIpc) is 2.63. The molecule has 3 N–H and O–H groups in total. The third-order valence-corrected chi connectivity index (χ3v) is 4.95. The van der Waals surface area contributed by atoms with E-state index in [2.05, 4.69) is 15.3 Å². The minimum Gasteiger partial charge on any atom is -0.368 e. The number of amides is 2. The van der Waals surface area contributed by atoms with Gasteiger partial charge in [-0.05, 0) is 37.9 Å². The van der Waals surface area contributed by atoms with E-state index in [1.54, 1.807) is 30.2 Å². The van der Waals surface area contributed by atoms with E-state index in [0.29, 0.717) is 23.6 Å². The molecule has 0 aliphatic carbocycles. The number of rotatable bonds is 2. The quantitative estimate of drug-likeness (QED) is 0.861. The number of carbonyl (C=O) groups excluding carboxylic acids is 1. The van der Waals surface area contributed by atoms with E-state index in [0.717, 1.165) is 24.9 Å². The fraction of sp³-hybridized carbons (Fsp3) is 0.389. The van der Waals surface area contributed by atoms with Crippen LogP contribution in [-0.2, 0) is 6.54 Å². The Balaban J connectivity index is 1.82. The van der Waals surface area contributed by atoms with Crippen molar-refractivity contribution in [1.29, 1.82) is 0 Å². The molecule has 2 aliphatic heterocycles. The fourth-order valence-corrected chi connectivity index (χ4v) is 3.71. The van der Waals surface area contributed by atoms with Crippen LogP contribution in [0.4, 0.5) is 26.6 Å². The molecule has 0 radical (unpaired) electrons. The molecule has 1 aromatic carbocycles. The number of nitrogen functional groups attached to an aromatic ring is 1. The number of aromatic nitrogens is 2. The van der Waals surface area contributed by atoms with E-state index >= 15 is 0 Å². The number of anilines is 3. The highest BCUT2D eigenvalue weighted by Crippen LogP contribution is 2.35. The van der Waals surface area contributed by atoms with Gasteiger partial charge in [-0.15, -0.1) is 0 Å². The smallest absolute Gasteiger partial charge is 0.330 e. The van der Waals surface area contributed by atoms with Gasteiger partial charge >= 0.3 is 6.03 Å². The molecule has 7 nitrogen and oxygen atoms in total. The first-order valence-electron chi connectivity index (χ1n) is 8.74. The van der Waals surface area contributed by atoms with Crippen molar-refractivity contribution in [2.75, 3.05) is 28.6 Å². The van der Waals surface area contributed by atoms with Crippen molar-refractivity contribution in [3.05, 3.63) is 41.3 Å². The van der Waals surface area contributed by atoms with Gasteiger partial charge in [-0.3, -0.25) is 9.80 Å². The molecule has 2 aromatic rings. The lowest BCUT2D eigenvalue weighted by molar-refractivity contribution is 0.245. The molecule has 136 valence electrons. The van der Waals surface area contributed by atoms with Gasteiger partial charge in [0.25, 0.3) is 0 Å². The van der Waals surface area contributed by atoms with Crippen LogP contribution >= 0.6 is 0 Å². The molecule has 1 saturated heterocycles. The molecule has 4 rings (SSSR count). The summed E-state index contributed by atoms with van der Waals surface area (Å²) < 4.78 is 14.5. The van der Waals surface area contributed by atoms with Gasteiger partial charge in [0, 0.05) is 18.3 Å².